The fraction of sp³-hybridized carbons (Fsp3) is 0.455. The highest BCUT2D eigenvalue weighted by Gasteiger charge is 2.21. The average molecular weight is 575 g/mol. The molecule has 0 saturated carbocycles. The molecule has 0 aliphatic carbocycles. The Bertz CT molecular complexity index is 886. The SMILES string of the molecule is COc1ccc(CN2CCN(C(=NCC(=O)N(C)C)NCc3cccs3)CC2)cc1F.I. The van der Waals surface area contributed by atoms with E-state index in [2.05, 4.69) is 26.2 Å². The maximum atomic E-state index is 14.0. The molecule has 1 aromatic heterocycles. The summed E-state index contributed by atoms with van der Waals surface area (Å²) in [5, 5.41) is 5.45. The summed E-state index contributed by atoms with van der Waals surface area (Å²) in [5.74, 6) is 0.643. The normalized spacial score (nSPS) is 14.6. The average Bonchev–Trinajstić information content (AvgIpc) is 3.28. The first-order valence-electron chi connectivity index (χ1n) is 10.3. The predicted molar refractivity (Wildman–Crippen MR) is 137 cm³/mol. The Hall–Kier alpha value is -1.92. The fourth-order valence-corrected chi connectivity index (χ4v) is 3.96. The molecule has 0 unspecified atom stereocenters. The smallest absolute Gasteiger partial charge is 0.243 e. The fourth-order valence-electron chi connectivity index (χ4n) is 3.32. The van der Waals surface area contributed by atoms with Crippen LogP contribution in [0.1, 0.15) is 10.4 Å². The molecule has 3 rings (SSSR count). The van der Waals surface area contributed by atoms with Crippen molar-refractivity contribution < 1.29 is 13.9 Å². The lowest BCUT2D eigenvalue weighted by Gasteiger charge is -2.36. The minimum absolute atomic E-state index is 0. The molecule has 10 heteroatoms. The van der Waals surface area contributed by atoms with E-state index < -0.39 is 0 Å². The third-order valence-electron chi connectivity index (χ3n) is 5.16. The zero-order valence-corrected chi connectivity index (χ0v) is 21.9. The number of thiophene rings is 1. The number of likely N-dealkylation sites (N-methyl/N-ethyl adjacent to an activating group) is 1. The van der Waals surface area contributed by atoms with Gasteiger partial charge in [0.15, 0.2) is 17.5 Å². The van der Waals surface area contributed by atoms with Crippen LogP contribution in [-0.4, -0.2) is 80.5 Å². The van der Waals surface area contributed by atoms with E-state index in [0.717, 1.165) is 37.7 Å². The summed E-state index contributed by atoms with van der Waals surface area (Å²) in [7, 11) is 4.93. The summed E-state index contributed by atoms with van der Waals surface area (Å²) in [6.07, 6.45) is 0. The topological polar surface area (TPSA) is 60.4 Å². The van der Waals surface area contributed by atoms with Gasteiger partial charge in [-0.3, -0.25) is 9.69 Å². The van der Waals surface area contributed by atoms with E-state index in [1.54, 1.807) is 36.4 Å². The third kappa shape index (κ3) is 7.59. The number of halogens is 2. The van der Waals surface area contributed by atoms with Gasteiger partial charge in [0.05, 0.1) is 13.7 Å². The van der Waals surface area contributed by atoms with Crippen molar-refractivity contribution in [2.24, 2.45) is 4.99 Å². The number of nitrogens with zero attached hydrogens (tertiary/aromatic N) is 4. The van der Waals surface area contributed by atoms with Gasteiger partial charge in [0.1, 0.15) is 6.54 Å². The molecule has 1 saturated heterocycles. The van der Waals surface area contributed by atoms with Crippen LogP contribution in [0.15, 0.2) is 40.7 Å². The number of nitrogens with one attached hydrogen (secondary N) is 1. The maximum Gasteiger partial charge on any atom is 0.243 e. The summed E-state index contributed by atoms with van der Waals surface area (Å²) < 4.78 is 19.0. The van der Waals surface area contributed by atoms with Crippen LogP contribution in [0.3, 0.4) is 0 Å². The molecular weight excluding hydrogens is 544 g/mol. The van der Waals surface area contributed by atoms with Gasteiger partial charge in [0.25, 0.3) is 0 Å². The van der Waals surface area contributed by atoms with Gasteiger partial charge in [-0.1, -0.05) is 12.1 Å². The van der Waals surface area contributed by atoms with E-state index in [4.69, 9.17) is 4.74 Å². The molecule has 2 aromatic rings. The van der Waals surface area contributed by atoms with Gasteiger partial charge >= 0.3 is 0 Å². The van der Waals surface area contributed by atoms with E-state index in [9.17, 15) is 9.18 Å². The second-order valence-electron chi connectivity index (χ2n) is 7.59. The van der Waals surface area contributed by atoms with Crippen molar-refractivity contribution in [2.45, 2.75) is 13.1 Å². The number of carbonyl (C=O) groups excluding carboxylic acids is 1. The lowest BCUT2D eigenvalue weighted by molar-refractivity contribution is -0.127. The molecule has 1 aromatic carbocycles. The lowest BCUT2D eigenvalue weighted by Crippen LogP contribution is -2.52. The second kappa shape index (κ2) is 12.9. The van der Waals surface area contributed by atoms with Crippen LogP contribution in [0, 0.1) is 5.82 Å². The molecule has 1 aliphatic rings. The van der Waals surface area contributed by atoms with Crippen molar-refractivity contribution in [1.29, 1.82) is 0 Å². The summed E-state index contributed by atoms with van der Waals surface area (Å²) in [6.45, 7) is 4.70. The van der Waals surface area contributed by atoms with E-state index >= 15 is 0 Å². The molecule has 1 aliphatic heterocycles. The number of rotatable bonds is 7. The van der Waals surface area contributed by atoms with Crippen LogP contribution in [0.4, 0.5) is 4.39 Å². The van der Waals surface area contributed by atoms with Crippen LogP contribution in [0.2, 0.25) is 0 Å². The Balaban J connectivity index is 0.00000363. The molecule has 32 heavy (non-hydrogen) atoms. The number of guanidine groups is 1. The van der Waals surface area contributed by atoms with Gasteiger partial charge in [-0.05, 0) is 29.1 Å². The van der Waals surface area contributed by atoms with Crippen molar-refractivity contribution in [3.63, 3.8) is 0 Å². The van der Waals surface area contributed by atoms with Crippen LogP contribution < -0.4 is 10.1 Å². The molecule has 0 bridgehead atoms. The molecule has 2 heterocycles. The molecule has 176 valence electrons. The summed E-state index contributed by atoms with van der Waals surface area (Å²) in [5.41, 5.74) is 0.924. The predicted octanol–water partition coefficient (Wildman–Crippen LogP) is 2.87. The van der Waals surface area contributed by atoms with Crippen molar-refractivity contribution in [3.05, 3.63) is 52.0 Å². The molecule has 1 amide bonds. The van der Waals surface area contributed by atoms with Crippen LogP contribution in [0.25, 0.3) is 0 Å². The second-order valence-corrected chi connectivity index (χ2v) is 8.63. The number of aliphatic imine (C=N–C) groups is 1. The van der Waals surface area contributed by atoms with Gasteiger partial charge in [-0.15, -0.1) is 35.3 Å². The van der Waals surface area contributed by atoms with E-state index in [0.29, 0.717) is 13.1 Å². The third-order valence-corrected chi connectivity index (χ3v) is 6.03. The highest BCUT2D eigenvalue weighted by Crippen LogP contribution is 2.19. The Morgan fingerprint density at radius 2 is 2.00 bits per heavy atom. The summed E-state index contributed by atoms with van der Waals surface area (Å²) in [4.78, 5) is 23.8. The summed E-state index contributed by atoms with van der Waals surface area (Å²) >= 11 is 1.69. The van der Waals surface area contributed by atoms with Gasteiger partial charge in [0, 0.05) is 51.7 Å². The minimum atomic E-state index is -0.337. The van der Waals surface area contributed by atoms with Gasteiger partial charge in [-0.2, -0.15) is 0 Å². The monoisotopic (exact) mass is 575 g/mol. The van der Waals surface area contributed by atoms with Crippen LogP contribution in [0.5, 0.6) is 5.75 Å². The highest BCUT2D eigenvalue weighted by atomic mass is 127. The Morgan fingerprint density at radius 3 is 2.59 bits per heavy atom. The first-order chi connectivity index (χ1) is 15.0. The molecule has 1 fully saturated rings. The van der Waals surface area contributed by atoms with Crippen molar-refractivity contribution in [3.8, 4) is 5.75 Å². The number of amides is 1. The number of ether oxygens (including phenoxy) is 1. The highest BCUT2D eigenvalue weighted by molar-refractivity contribution is 14.0. The van der Waals surface area contributed by atoms with Crippen molar-refractivity contribution >= 4 is 47.2 Å². The van der Waals surface area contributed by atoms with E-state index in [1.807, 2.05) is 17.5 Å². The van der Waals surface area contributed by atoms with Gasteiger partial charge in [-0.25, -0.2) is 9.38 Å². The quantitative estimate of drug-likeness (QED) is 0.313. The van der Waals surface area contributed by atoms with Crippen LogP contribution >= 0.6 is 35.3 Å². The van der Waals surface area contributed by atoms with Gasteiger partial charge in [0.2, 0.25) is 5.91 Å². The Labute approximate surface area is 210 Å². The summed E-state index contributed by atoms with van der Waals surface area (Å²) in [6, 6.07) is 9.20. The number of hydrogen-bond acceptors (Lipinski definition) is 5. The number of methoxy groups -OCH3 is 1. The number of benzene rings is 1. The number of carbonyl (C=O) groups is 1. The molecule has 0 spiro atoms. The van der Waals surface area contributed by atoms with Gasteiger partial charge < -0.3 is 19.9 Å². The molecule has 1 N–H and O–H groups in total. The number of hydrogen-bond donors (Lipinski definition) is 1. The first kappa shape index (κ1) is 26.3. The van der Waals surface area contributed by atoms with E-state index in [1.165, 1.54) is 18.1 Å². The van der Waals surface area contributed by atoms with Crippen LogP contribution in [-0.2, 0) is 17.9 Å². The Morgan fingerprint density at radius 1 is 1.25 bits per heavy atom. The minimum Gasteiger partial charge on any atom is -0.494 e. The standard InChI is InChI=1S/C22H30FN5O2S.HI/c1-26(2)21(29)15-25-22(24-14-18-5-4-12-31-18)28-10-8-27(9-11-28)16-17-6-7-20(30-3)19(23)13-17;/h4-7,12-13H,8-11,14-16H2,1-3H3,(H,24,25);1H. The zero-order valence-electron chi connectivity index (χ0n) is 18.7. The molecule has 0 atom stereocenters. The lowest BCUT2D eigenvalue weighted by atomic mass is 10.2. The molecule has 0 radical (unpaired) electrons. The zero-order chi connectivity index (χ0) is 22.2. The Kier molecular flexibility index (Phi) is 10.7. The number of piperazine rings is 1. The molecule has 7 nitrogen and oxygen atoms in total. The largest absolute Gasteiger partial charge is 0.494 e. The van der Waals surface area contributed by atoms with Crippen molar-refractivity contribution in [1.82, 2.24) is 20.0 Å². The van der Waals surface area contributed by atoms with E-state index in [-0.39, 0.29) is 48.0 Å². The first-order valence-corrected chi connectivity index (χ1v) is 11.1. The van der Waals surface area contributed by atoms with Crippen molar-refractivity contribution in [2.75, 3.05) is 53.9 Å². The molecular formula is C22H31FIN5O2S. The maximum absolute atomic E-state index is 14.0.